The quantitative estimate of drug-likeness (QED) is 0.491. The topological polar surface area (TPSA) is 144 Å². The van der Waals surface area contributed by atoms with Gasteiger partial charge in [0, 0.05) is 17.8 Å². The van der Waals surface area contributed by atoms with Crippen molar-refractivity contribution in [1.29, 1.82) is 0 Å². The third-order valence-electron chi connectivity index (χ3n) is 3.21. The van der Waals surface area contributed by atoms with E-state index < -0.39 is 20.0 Å². The number of anilines is 2. The highest BCUT2D eigenvalue weighted by Gasteiger charge is 2.11. The number of sulfonamides is 2. The summed E-state index contributed by atoms with van der Waals surface area (Å²) in [5.74, 6) is 0. The molecule has 8 nitrogen and oxygen atoms in total. The van der Waals surface area contributed by atoms with Gasteiger partial charge >= 0.3 is 0 Å². The van der Waals surface area contributed by atoms with Crippen LogP contribution >= 0.6 is 24.4 Å². The van der Waals surface area contributed by atoms with Gasteiger partial charge in [-0.05, 0) is 36.4 Å². The van der Waals surface area contributed by atoms with Crippen LogP contribution in [0.2, 0.25) is 0 Å². The van der Waals surface area contributed by atoms with Gasteiger partial charge in [-0.3, -0.25) is 0 Å². The molecule has 0 aliphatic carbocycles. The van der Waals surface area contributed by atoms with E-state index in [4.69, 9.17) is 34.7 Å². The lowest BCUT2D eigenvalue weighted by molar-refractivity contribution is 0.596. The Morgan fingerprint density at radius 3 is 1.48 bits per heavy atom. The lowest BCUT2D eigenvalue weighted by Crippen LogP contribution is -2.19. The molecule has 2 aromatic rings. The number of nitrogens with two attached hydrogens (primary N) is 2. The second-order valence-corrected chi connectivity index (χ2v) is 9.53. The molecule has 0 saturated heterocycles. The van der Waals surface area contributed by atoms with Gasteiger partial charge in [0.1, 0.15) is 0 Å². The van der Waals surface area contributed by atoms with Gasteiger partial charge in [-0.1, -0.05) is 36.6 Å². The summed E-state index contributed by atoms with van der Waals surface area (Å²) >= 11 is 10.4. The number of rotatable bonds is 6. The lowest BCUT2D eigenvalue weighted by atomic mass is 10.3. The van der Waals surface area contributed by atoms with Crippen molar-refractivity contribution in [2.45, 2.75) is 16.2 Å². The van der Waals surface area contributed by atoms with E-state index in [0.717, 1.165) is 0 Å². The number of primary sulfonamides is 2. The first kappa shape index (κ1) is 21.3. The molecule has 0 aliphatic heterocycles. The fourth-order valence-electron chi connectivity index (χ4n) is 2.06. The molecule has 2 aromatic carbocycles. The molecular weight excluding hydrogens is 428 g/mol. The van der Waals surface area contributed by atoms with E-state index in [1.807, 2.05) is 0 Å². The highest BCUT2D eigenvalue weighted by Crippen LogP contribution is 2.16. The maximum atomic E-state index is 11.4. The highest BCUT2D eigenvalue weighted by atomic mass is 32.2. The average Bonchev–Trinajstić information content (AvgIpc) is 2.53. The summed E-state index contributed by atoms with van der Waals surface area (Å²) < 4.78 is 45.5. The van der Waals surface area contributed by atoms with Crippen molar-refractivity contribution in [3.05, 3.63) is 48.5 Å². The van der Waals surface area contributed by atoms with Crippen molar-refractivity contribution in [3.63, 3.8) is 0 Å². The predicted octanol–water partition coefficient (Wildman–Crippen LogP) is 1.55. The van der Waals surface area contributed by atoms with E-state index in [1.165, 1.54) is 36.4 Å². The first-order chi connectivity index (χ1) is 12.4. The Labute approximate surface area is 168 Å². The van der Waals surface area contributed by atoms with Crippen molar-refractivity contribution in [3.8, 4) is 0 Å². The molecule has 0 bridgehead atoms. The molecule has 0 heterocycles. The summed E-state index contributed by atoms with van der Waals surface area (Å²) in [6, 6.07) is 11.8. The third kappa shape index (κ3) is 6.61. The molecule has 0 aromatic heterocycles. The molecule has 0 aliphatic rings. The largest absolute Gasteiger partial charge is 0.350 e. The van der Waals surface area contributed by atoms with Gasteiger partial charge in [0.05, 0.1) is 19.8 Å². The zero-order valence-corrected chi connectivity index (χ0v) is 17.0. The Morgan fingerprint density at radius 1 is 0.778 bits per heavy atom. The third-order valence-corrected chi connectivity index (χ3v) is 5.53. The zero-order chi connectivity index (χ0) is 20.2. The predicted molar refractivity (Wildman–Crippen MR) is 113 cm³/mol. The van der Waals surface area contributed by atoms with Crippen LogP contribution in [0.25, 0.3) is 0 Å². The Kier molecular flexibility index (Phi) is 6.62. The number of hydrogen-bond donors (Lipinski definition) is 4. The van der Waals surface area contributed by atoms with Crippen LogP contribution in [-0.2, 0) is 20.0 Å². The van der Waals surface area contributed by atoms with E-state index in [1.54, 1.807) is 12.1 Å². The Balaban J connectivity index is 2.02. The standard InChI is InChI=1S/C15H16N4O4S4/c16-26(20,21)12-5-1-3-10(7-12)18-14(24)9-15(25)19-11-4-2-6-13(8-11)27(17,22)23/h1-8H,9H2,(H,18,24)(H,19,25)(H2,16,20,21)(H2,17,22,23). The van der Waals surface area contributed by atoms with Crippen LogP contribution in [0, 0.1) is 0 Å². The number of hydrogen-bond acceptors (Lipinski definition) is 6. The summed E-state index contributed by atoms with van der Waals surface area (Å²) in [5, 5.41) is 15.9. The average molecular weight is 445 g/mol. The second kappa shape index (κ2) is 8.37. The summed E-state index contributed by atoms with van der Waals surface area (Å²) in [7, 11) is -7.64. The summed E-state index contributed by atoms with van der Waals surface area (Å²) in [4.78, 5) is 0.579. The Hall–Kier alpha value is -1.96. The Bertz CT molecular complexity index is 1010. The zero-order valence-electron chi connectivity index (χ0n) is 13.7. The normalized spacial score (nSPS) is 11.6. The van der Waals surface area contributed by atoms with Gasteiger partial charge in [0.2, 0.25) is 20.0 Å². The van der Waals surface area contributed by atoms with Crippen LogP contribution < -0.4 is 20.9 Å². The maximum Gasteiger partial charge on any atom is 0.238 e. The van der Waals surface area contributed by atoms with Gasteiger partial charge in [0.15, 0.2) is 0 Å². The SMILES string of the molecule is NS(=O)(=O)c1cccc(NC(=S)CC(=S)Nc2cccc(S(N)(=O)=O)c2)c1. The van der Waals surface area contributed by atoms with Gasteiger partial charge in [-0.2, -0.15) is 0 Å². The minimum Gasteiger partial charge on any atom is -0.350 e. The lowest BCUT2D eigenvalue weighted by Gasteiger charge is -2.12. The molecular formula is C15H16N4O4S4. The molecule has 144 valence electrons. The first-order valence-corrected chi connectivity index (χ1v) is 11.2. The van der Waals surface area contributed by atoms with Crippen LogP contribution in [0.1, 0.15) is 6.42 Å². The Morgan fingerprint density at radius 2 is 1.15 bits per heavy atom. The molecule has 0 fully saturated rings. The molecule has 0 radical (unpaired) electrons. The minimum absolute atomic E-state index is 0.0455. The first-order valence-electron chi connectivity index (χ1n) is 7.30. The van der Waals surface area contributed by atoms with Crippen LogP contribution in [0.4, 0.5) is 11.4 Å². The van der Waals surface area contributed by atoms with Crippen LogP contribution in [-0.4, -0.2) is 26.8 Å². The van der Waals surface area contributed by atoms with Crippen LogP contribution in [0.5, 0.6) is 0 Å². The van der Waals surface area contributed by atoms with E-state index in [2.05, 4.69) is 10.6 Å². The summed E-state index contributed by atoms with van der Waals surface area (Å²) in [6.07, 6.45) is 0.157. The van der Waals surface area contributed by atoms with Gasteiger partial charge in [-0.15, -0.1) is 0 Å². The molecule has 2 rings (SSSR count). The van der Waals surface area contributed by atoms with Gasteiger partial charge < -0.3 is 10.6 Å². The smallest absolute Gasteiger partial charge is 0.238 e. The fraction of sp³-hybridized carbons (Fsp3) is 0.0667. The maximum absolute atomic E-state index is 11.4. The number of nitrogens with one attached hydrogen (secondary N) is 2. The molecule has 0 atom stereocenters. The van der Waals surface area contributed by atoms with E-state index in [-0.39, 0.29) is 16.2 Å². The van der Waals surface area contributed by atoms with Crippen molar-refractivity contribution >= 4 is 65.8 Å². The van der Waals surface area contributed by atoms with E-state index in [0.29, 0.717) is 21.4 Å². The number of thiocarbonyl (C=S) groups is 2. The monoisotopic (exact) mass is 444 g/mol. The molecule has 0 spiro atoms. The fourth-order valence-corrected chi connectivity index (χ4v) is 3.79. The van der Waals surface area contributed by atoms with Crippen LogP contribution in [0.3, 0.4) is 0 Å². The molecule has 12 heteroatoms. The van der Waals surface area contributed by atoms with E-state index >= 15 is 0 Å². The molecule has 0 unspecified atom stereocenters. The molecule has 6 N–H and O–H groups in total. The van der Waals surface area contributed by atoms with E-state index in [9.17, 15) is 16.8 Å². The van der Waals surface area contributed by atoms with Crippen molar-refractivity contribution < 1.29 is 16.8 Å². The molecule has 0 saturated carbocycles. The number of benzene rings is 2. The van der Waals surface area contributed by atoms with Crippen molar-refractivity contribution in [2.24, 2.45) is 10.3 Å². The summed E-state index contributed by atoms with van der Waals surface area (Å²) in [6.45, 7) is 0. The molecule has 0 amide bonds. The summed E-state index contributed by atoms with van der Waals surface area (Å²) in [5.41, 5.74) is 0.899. The highest BCUT2D eigenvalue weighted by molar-refractivity contribution is 7.89. The molecule has 27 heavy (non-hydrogen) atoms. The van der Waals surface area contributed by atoms with Crippen molar-refractivity contribution in [1.82, 2.24) is 0 Å². The van der Waals surface area contributed by atoms with Gasteiger partial charge in [0.25, 0.3) is 0 Å². The second-order valence-electron chi connectivity index (χ2n) is 5.42. The van der Waals surface area contributed by atoms with Crippen molar-refractivity contribution in [2.75, 3.05) is 10.6 Å². The van der Waals surface area contributed by atoms with Gasteiger partial charge in [-0.25, -0.2) is 27.1 Å². The van der Waals surface area contributed by atoms with Crippen LogP contribution in [0.15, 0.2) is 58.3 Å². The minimum atomic E-state index is -3.82.